The van der Waals surface area contributed by atoms with Crippen molar-refractivity contribution < 1.29 is 27.5 Å². The van der Waals surface area contributed by atoms with Crippen LogP contribution in [0.15, 0.2) is 29.2 Å². The Morgan fingerprint density at radius 2 is 1.81 bits per heavy atom. The number of benzene rings is 1. The molecule has 1 amide bonds. The molecule has 0 atom stereocenters. The number of carbonyl (C=O) groups is 2. The van der Waals surface area contributed by atoms with Gasteiger partial charge >= 0.3 is 5.97 Å². The molecule has 0 radical (unpaired) electrons. The summed E-state index contributed by atoms with van der Waals surface area (Å²) in [6.07, 6.45) is 6.58. The molecule has 1 aromatic carbocycles. The van der Waals surface area contributed by atoms with Crippen molar-refractivity contribution in [2.45, 2.75) is 43.4 Å². The molecule has 3 rings (SSSR count). The Morgan fingerprint density at radius 1 is 1.09 bits per heavy atom. The highest BCUT2D eigenvalue weighted by atomic mass is 32.2. The van der Waals surface area contributed by atoms with Gasteiger partial charge in [0.25, 0.3) is 5.91 Å². The van der Waals surface area contributed by atoms with Crippen LogP contribution >= 0.6 is 11.3 Å². The number of nitrogens with zero attached hydrogens (tertiary/aromatic N) is 1. The molecule has 0 saturated carbocycles. The Labute approximate surface area is 192 Å². The van der Waals surface area contributed by atoms with Crippen LogP contribution in [0.25, 0.3) is 0 Å². The van der Waals surface area contributed by atoms with E-state index in [4.69, 9.17) is 9.47 Å². The highest BCUT2D eigenvalue weighted by Crippen LogP contribution is 2.30. The summed E-state index contributed by atoms with van der Waals surface area (Å²) in [6, 6.07) is 6.05. The van der Waals surface area contributed by atoms with Crippen LogP contribution in [0.2, 0.25) is 0 Å². The molecular weight excluding hydrogens is 452 g/mol. The van der Waals surface area contributed by atoms with Crippen molar-refractivity contribution in [3.05, 3.63) is 39.6 Å². The van der Waals surface area contributed by atoms with Crippen molar-refractivity contribution in [2.75, 3.05) is 33.1 Å². The summed E-state index contributed by atoms with van der Waals surface area (Å²) in [5.41, 5.74) is 1.38. The largest absolute Gasteiger partial charge is 0.495 e. The molecule has 174 valence electrons. The number of fused-ring (bicyclic) bond motifs is 1. The second-order valence-corrected chi connectivity index (χ2v) is 11.0. The lowest BCUT2D eigenvalue weighted by Crippen LogP contribution is -2.23. The zero-order valence-corrected chi connectivity index (χ0v) is 20.1. The van der Waals surface area contributed by atoms with E-state index in [2.05, 4.69) is 5.32 Å². The summed E-state index contributed by atoms with van der Waals surface area (Å²) in [7, 11) is 0.564. The Morgan fingerprint density at radius 3 is 2.50 bits per heavy atom. The Bertz CT molecular complexity index is 1070. The first-order valence-electron chi connectivity index (χ1n) is 10.4. The van der Waals surface area contributed by atoms with Gasteiger partial charge in [-0.15, -0.1) is 11.3 Å². The molecule has 2 aromatic rings. The molecule has 1 aromatic heterocycles. The minimum Gasteiger partial charge on any atom is -0.495 e. The molecule has 8 nitrogen and oxygen atoms in total. The molecular formula is C22H28N2O6S2. The lowest BCUT2D eigenvalue weighted by Gasteiger charge is -2.15. The first kappa shape index (κ1) is 24.2. The van der Waals surface area contributed by atoms with Crippen LogP contribution in [-0.2, 0) is 32.4 Å². The SMILES string of the molecule is COc1ccc(S(=O)(=O)N(C)C)cc1NC(=O)COC(=O)c1cc2c(s1)CCCCCC2. The molecule has 32 heavy (non-hydrogen) atoms. The fourth-order valence-corrected chi connectivity index (χ4v) is 5.57. The fraction of sp³-hybridized carbons (Fsp3) is 0.455. The monoisotopic (exact) mass is 480 g/mol. The van der Waals surface area contributed by atoms with Gasteiger partial charge in [-0.1, -0.05) is 12.8 Å². The van der Waals surface area contributed by atoms with Crippen LogP contribution in [0, 0.1) is 0 Å². The number of aryl methyl sites for hydroxylation is 2. The zero-order valence-electron chi connectivity index (χ0n) is 18.5. The predicted molar refractivity (Wildman–Crippen MR) is 123 cm³/mol. The summed E-state index contributed by atoms with van der Waals surface area (Å²) < 4.78 is 36.2. The van der Waals surface area contributed by atoms with E-state index < -0.39 is 28.5 Å². The zero-order chi connectivity index (χ0) is 23.3. The molecule has 0 spiro atoms. The second-order valence-electron chi connectivity index (χ2n) is 7.75. The van der Waals surface area contributed by atoms with Crippen molar-refractivity contribution in [1.29, 1.82) is 0 Å². The number of hydrogen-bond acceptors (Lipinski definition) is 7. The van der Waals surface area contributed by atoms with Gasteiger partial charge in [-0.25, -0.2) is 17.5 Å². The maximum Gasteiger partial charge on any atom is 0.348 e. The third-order valence-electron chi connectivity index (χ3n) is 5.26. The minimum atomic E-state index is -3.69. The standard InChI is InChI=1S/C22H28N2O6S2/c1-24(2)32(27,28)16-10-11-18(29-3)17(13-16)23-21(25)14-30-22(26)20-12-15-8-6-4-5-7-9-19(15)31-20/h10-13H,4-9,14H2,1-3H3,(H,23,25). The fourth-order valence-electron chi connectivity index (χ4n) is 3.49. The number of anilines is 1. The number of amides is 1. The summed E-state index contributed by atoms with van der Waals surface area (Å²) >= 11 is 1.44. The van der Waals surface area contributed by atoms with E-state index in [-0.39, 0.29) is 10.6 Å². The van der Waals surface area contributed by atoms with Gasteiger partial charge in [-0.3, -0.25) is 4.79 Å². The van der Waals surface area contributed by atoms with Crippen LogP contribution in [-0.4, -0.2) is 52.4 Å². The number of sulfonamides is 1. The minimum absolute atomic E-state index is 0.00611. The van der Waals surface area contributed by atoms with Crippen molar-refractivity contribution in [2.24, 2.45) is 0 Å². The first-order chi connectivity index (χ1) is 15.2. The van der Waals surface area contributed by atoms with E-state index in [0.717, 1.165) is 30.0 Å². The van der Waals surface area contributed by atoms with Gasteiger partial charge in [0.1, 0.15) is 10.6 Å². The average Bonchev–Trinajstić information content (AvgIpc) is 3.13. The maximum absolute atomic E-state index is 12.5. The van der Waals surface area contributed by atoms with E-state index in [9.17, 15) is 18.0 Å². The van der Waals surface area contributed by atoms with Gasteiger partial charge in [0.2, 0.25) is 10.0 Å². The summed E-state index contributed by atoms with van der Waals surface area (Å²) in [5, 5.41) is 2.56. The van der Waals surface area contributed by atoms with Crippen LogP contribution < -0.4 is 10.1 Å². The third-order valence-corrected chi connectivity index (χ3v) is 8.28. The van der Waals surface area contributed by atoms with Gasteiger partial charge in [-0.2, -0.15) is 0 Å². The van der Waals surface area contributed by atoms with Crippen molar-refractivity contribution >= 4 is 38.9 Å². The number of hydrogen-bond donors (Lipinski definition) is 1. The molecule has 1 heterocycles. The van der Waals surface area contributed by atoms with Gasteiger partial charge in [0, 0.05) is 19.0 Å². The van der Waals surface area contributed by atoms with Crippen molar-refractivity contribution in [1.82, 2.24) is 4.31 Å². The summed E-state index contributed by atoms with van der Waals surface area (Å²) in [4.78, 5) is 26.6. The normalized spacial score (nSPS) is 14.2. The first-order valence-corrected chi connectivity index (χ1v) is 12.7. The smallest absolute Gasteiger partial charge is 0.348 e. The summed E-state index contributed by atoms with van der Waals surface area (Å²) in [5.74, 6) is -0.834. The third kappa shape index (κ3) is 5.67. The van der Waals surface area contributed by atoms with E-state index in [1.54, 1.807) is 0 Å². The molecule has 1 aliphatic rings. The topological polar surface area (TPSA) is 102 Å². The molecule has 0 bridgehead atoms. The van der Waals surface area contributed by atoms with Gasteiger partial charge in [-0.05, 0) is 55.5 Å². The average molecular weight is 481 g/mol. The summed E-state index contributed by atoms with van der Waals surface area (Å²) in [6.45, 7) is -0.491. The second kappa shape index (κ2) is 10.5. The number of methoxy groups -OCH3 is 1. The molecule has 1 aliphatic carbocycles. The highest BCUT2D eigenvalue weighted by molar-refractivity contribution is 7.89. The molecule has 0 aliphatic heterocycles. The van der Waals surface area contributed by atoms with Crippen LogP contribution in [0.1, 0.15) is 45.8 Å². The predicted octanol–water partition coefficient (Wildman–Crippen LogP) is 3.46. The number of thiophene rings is 1. The number of rotatable bonds is 7. The Hall–Kier alpha value is -2.43. The van der Waals surface area contributed by atoms with E-state index in [1.807, 2.05) is 6.07 Å². The number of esters is 1. The number of carbonyl (C=O) groups excluding carboxylic acids is 2. The number of ether oxygens (including phenoxy) is 2. The molecule has 1 N–H and O–H groups in total. The van der Waals surface area contributed by atoms with Crippen LogP contribution in [0.3, 0.4) is 0 Å². The molecule has 0 fully saturated rings. The van der Waals surface area contributed by atoms with Gasteiger partial charge in [0.15, 0.2) is 6.61 Å². The Kier molecular flexibility index (Phi) is 7.91. The van der Waals surface area contributed by atoms with Crippen LogP contribution in [0.5, 0.6) is 5.75 Å². The number of nitrogens with one attached hydrogen (secondary N) is 1. The quantitative estimate of drug-likeness (QED) is 0.609. The maximum atomic E-state index is 12.5. The highest BCUT2D eigenvalue weighted by Gasteiger charge is 2.21. The van der Waals surface area contributed by atoms with Crippen molar-refractivity contribution in [3.63, 3.8) is 0 Å². The lowest BCUT2D eigenvalue weighted by molar-refractivity contribution is -0.119. The van der Waals surface area contributed by atoms with Crippen molar-refractivity contribution in [3.8, 4) is 5.75 Å². The van der Waals surface area contributed by atoms with Gasteiger partial charge < -0.3 is 14.8 Å². The molecule has 0 saturated heterocycles. The van der Waals surface area contributed by atoms with Gasteiger partial charge in [0.05, 0.1) is 17.7 Å². The molecule has 0 unspecified atom stereocenters. The van der Waals surface area contributed by atoms with Crippen LogP contribution in [0.4, 0.5) is 5.69 Å². The lowest BCUT2D eigenvalue weighted by atomic mass is 10.00. The Balaban J connectivity index is 1.66. The molecule has 10 heteroatoms. The van der Waals surface area contributed by atoms with E-state index in [1.165, 1.54) is 74.0 Å². The van der Waals surface area contributed by atoms with E-state index in [0.29, 0.717) is 10.6 Å². The van der Waals surface area contributed by atoms with E-state index >= 15 is 0 Å².